The Labute approximate surface area is 187 Å². The quantitative estimate of drug-likeness (QED) is 0.332. The van der Waals surface area contributed by atoms with E-state index in [1.807, 2.05) is 41.8 Å². The molecule has 0 amide bonds. The maximum absolute atomic E-state index is 5.50. The normalized spacial score (nSPS) is 11.7. The number of hydrogen-bond acceptors (Lipinski definition) is 6. The summed E-state index contributed by atoms with van der Waals surface area (Å²) in [6.07, 6.45) is 3.55. The minimum Gasteiger partial charge on any atom is -0.493 e. The molecule has 0 atom stereocenters. The van der Waals surface area contributed by atoms with Gasteiger partial charge in [0.05, 0.1) is 39.8 Å². The van der Waals surface area contributed by atoms with Gasteiger partial charge in [0.2, 0.25) is 10.6 Å². The SMILES string of the molecule is C=CCN=c1scc(-c2cc(OC)c(OC)c(OC)c2)n1N=Cc1cccc(Br)c1. The lowest BCUT2D eigenvalue weighted by atomic mass is 10.1. The Morgan fingerprint density at radius 3 is 2.43 bits per heavy atom. The molecule has 0 unspecified atom stereocenters. The standard InChI is InChI=1S/C22H22BrN3O3S/c1-5-9-24-22-26(25-13-15-7-6-8-17(23)10-15)18(14-30-22)16-11-19(27-2)21(29-4)20(12-16)28-3/h5-8,10-14H,1,9H2,2-4H3. The molecule has 0 spiro atoms. The Morgan fingerprint density at radius 2 is 1.83 bits per heavy atom. The highest BCUT2D eigenvalue weighted by molar-refractivity contribution is 9.10. The van der Waals surface area contributed by atoms with Crippen molar-refractivity contribution in [3.05, 3.63) is 69.3 Å². The van der Waals surface area contributed by atoms with Crippen LogP contribution >= 0.6 is 27.3 Å². The van der Waals surface area contributed by atoms with Gasteiger partial charge in [0.1, 0.15) is 0 Å². The third-order valence-corrected chi connectivity index (χ3v) is 5.52. The van der Waals surface area contributed by atoms with Gasteiger partial charge in [-0.15, -0.1) is 17.9 Å². The topological polar surface area (TPSA) is 57.3 Å². The molecule has 0 aliphatic heterocycles. The van der Waals surface area contributed by atoms with Crippen LogP contribution in [0.3, 0.4) is 0 Å². The van der Waals surface area contributed by atoms with Gasteiger partial charge < -0.3 is 14.2 Å². The zero-order chi connectivity index (χ0) is 21.5. The Balaban J connectivity index is 2.16. The molecule has 8 heteroatoms. The van der Waals surface area contributed by atoms with Crippen molar-refractivity contribution in [2.75, 3.05) is 27.9 Å². The molecular weight excluding hydrogens is 466 g/mol. The molecule has 6 nitrogen and oxygen atoms in total. The number of halogens is 1. The first kappa shape index (κ1) is 21.9. The van der Waals surface area contributed by atoms with Gasteiger partial charge in [-0.05, 0) is 29.8 Å². The molecule has 30 heavy (non-hydrogen) atoms. The lowest BCUT2D eigenvalue weighted by Crippen LogP contribution is -2.12. The molecule has 1 aromatic heterocycles. The second kappa shape index (κ2) is 10.3. The van der Waals surface area contributed by atoms with Crippen molar-refractivity contribution in [2.45, 2.75) is 0 Å². The number of hydrogen-bond donors (Lipinski definition) is 0. The van der Waals surface area contributed by atoms with Crippen LogP contribution in [-0.4, -0.2) is 38.8 Å². The minimum absolute atomic E-state index is 0.502. The zero-order valence-electron chi connectivity index (χ0n) is 17.0. The van der Waals surface area contributed by atoms with Crippen LogP contribution in [0.5, 0.6) is 17.2 Å². The van der Waals surface area contributed by atoms with Crippen molar-refractivity contribution >= 4 is 33.5 Å². The van der Waals surface area contributed by atoms with E-state index in [2.05, 4.69) is 27.5 Å². The number of nitrogens with zero attached hydrogens (tertiary/aromatic N) is 3. The summed E-state index contributed by atoms with van der Waals surface area (Å²) in [5.41, 5.74) is 2.69. The lowest BCUT2D eigenvalue weighted by Gasteiger charge is -2.14. The monoisotopic (exact) mass is 487 g/mol. The van der Waals surface area contributed by atoms with Crippen LogP contribution in [0.1, 0.15) is 5.56 Å². The number of ether oxygens (including phenoxy) is 3. The fourth-order valence-corrected chi connectivity index (χ4v) is 4.06. The van der Waals surface area contributed by atoms with E-state index in [-0.39, 0.29) is 0 Å². The summed E-state index contributed by atoms with van der Waals surface area (Å²) in [6, 6.07) is 11.7. The summed E-state index contributed by atoms with van der Waals surface area (Å²) in [5, 5.41) is 6.70. The highest BCUT2D eigenvalue weighted by atomic mass is 79.9. The van der Waals surface area contributed by atoms with Gasteiger partial charge in [0, 0.05) is 15.4 Å². The van der Waals surface area contributed by atoms with E-state index in [4.69, 9.17) is 19.3 Å². The second-order valence-electron chi connectivity index (χ2n) is 6.06. The first-order chi connectivity index (χ1) is 14.6. The Hall–Kier alpha value is -2.84. The summed E-state index contributed by atoms with van der Waals surface area (Å²) in [6.45, 7) is 4.25. The summed E-state index contributed by atoms with van der Waals surface area (Å²) in [5.74, 6) is 1.69. The van der Waals surface area contributed by atoms with E-state index < -0.39 is 0 Å². The number of benzene rings is 2. The largest absolute Gasteiger partial charge is 0.493 e. The summed E-state index contributed by atoms with van der Waals surface area (Å²) in [4.78, 5) is 5.33. The molecule has 1 heterocycles. The van der Waals surface area contributed by atoms with Crippen LogP contribution in [0.4, 0.5) is 0 Å². The Morgan fingerprint density at radius 1 is 1.10 bits per heavy atom. The van der Waals surface area contributed by atoms with Crippen molar-refractivity contribution in [3.63, 3.8) is 0 Å². The van der Waals surface area contributed by atoms with Crippen LogP contribution in [0, 0.1) is 0 Å². The zero-order valence-corrected chi connectivity index (χ0v) is 19.4. The van der Waals surface area contributed by atoms with Gasteiger partial charge in [-0.3, -0.25) is 4.99 Å². The highest BCUT2D eigenvalue weighted by Gasteiger charge is 2.16. The molecule has 0 N–H and O–H groups in total. The molecule has 0 aliphatic rings. The molecule has 156 valence electrons. The van der Waals surface area contributed by atoms with Crippen LogP contribution in [0.25, 0.3) is 11.3 Å². The Kier molecular flexibility index (Phi) is 7.48. The van der Waals surface area contributed by atoms with Crippen molar-refractivity contribution in [2.24, 2.45) is 10.1 Å². The van der Waals surface area contributed by atoms with E-state index in [1.54, 1.807) is 38.3 Å². The Bertz CT molecular complexity index is 1110. The molecule has 0 radical (unpaired) electrons. The fraction of sp³-hybridized carbons (Fsp3) is 0.182. The lowest BCUT2D eigenvalue weighted by molar-refractivity contribution is 0.324. The van der Waals surface area contributed by atoms with E-state index in [0.717, 1.165) is 26.1 Å². The van der Waals surface area contributed by atoms with Gasteiger partial charge in [0.25, 0.3) is 0 Å². The number of rotatable bonds is 8. The first-order valence-electron chi connectivity index (χ1n) is 9.03. The van der Waals surface area contributed by atoms with E-state index in [1.165, 1.54) is 11.3 Å². The van der Waals surface area contributed by atoms with Gasteiger partial charge >= 0.3 is 0 Å². The van der Waals surface area contributed by atoms with Crippen LogP contribution < -0.4 is 19.0 Å². The minimum atomic E-state index is 0.502. The van der Waals surface area contributed by atoms with Crippen molar-refractivity contribution in [1.29, 1.82) is 0 Å². The summed E-state index contributed by atoms with van der Waals surface area (Å²) >= 11 is 4.99. The van der Waals surface area contributed by atoms with Crippen LogP contribution in [0.15, 0.2) is 69.0 Å². The molecule has 0 saturated carbocycles. The summed E-state index contributed by atoms with van der Waals surface area (Å²) in [7, 11) is 4.78. The molecule has 0 fully saturated rings. The first-order valence-corrected chi connectivity index (χ1v) is 10.7. The molecule has 0 aliphatic carbocycles. The van der Waals surface area contributed by atoms with Crippen molar-refractivity contribution in [3.8, 4) is 28.5 Å². The van der Waals surface area contributed by atoms with Gasteiger partial charge in [-0.2, -0.15) is 5.10 Å². The second-order valence-corrected chi connectivity index (χ2v) is 7.81. The maximum Gasteiger partial charge on any atom is 0.206 e. The highest BCUT2D eigenvalue weighted by Crippen LogP contribution is 2.41. The predicted octanol–water partition coefficient (Wildman–Crippen LogP) is 4.97. The van der Waals surface area contributed by atoms with E-state index >= 15 is 0 Å². The molecule has 0 bridgehead atoms. The van der Waals surface area contributed by atoms with Crippen LogP contribution in [-0.2, 0) is 0 Å². The van der Waals surface area contributed by atoms with Crippen molar-refractivity contribution in [1.82, 2.24) is 4.68 Å². The van der Waals surface area contributed by atoms with E-state index in [9.17, 15) is 0 Å². The molecule has 0 saturated heterocycles. The average molecular weight is 488 g/mol. The molecule has 3 rings (SSSR count). The van der Waals surface area contributed by atoms with Crippen LogP contribution in [0.2, 0.25) is 0 Å². The van der Waals surface area contributed by atoms with Crippen molar-refractivity contribution < 1.29 is 14.2 Å². The molecule has 3 aromatic rings. The third kappa shape index (κ3) is 4.83. The average Bonchev–Trinajstić information content (AvgIpc) is 3.17. The summed E-state index contributed by atoms with van der Waals surface area (Å²) < 4.78 is 19.2. The number of thiazole rings is 1. The van der Waals surface area contributed by atoms with Gasteiger partial charge in [-0.25, -0.2) is 4.68 Å². The van der Waals surface area contributed by atoms with Gasteiger partial charge in [0.15, 0.2) is 11.5 Å². The number of methoxy groups -OCH3 is 3. The van der Waals surface area contributed by atoms with Gasteiger partial charge in [-0.1, -0.05) is 34.1 Å². The smallest absolute Gasteiger partial charge is 0.206 e. The number of aromatic nitrogens is 1. The molecular formula is C22H22BrN3O3S. The fourth-order valence-electron chi connectivity index (χ4n) is 2.80. The third-order valence-electron chi connectivity index (χ3n) is 4.17. The maximum atomic E-state index is 5.50. The molecule has 2 aromatic carbocycles. The predicted molar refractivity (Wildman–Crippen MR) is 125 cm³/mol. The van der Waals surface area contributed by atoms with E-state index in [0.29, 0.717) is 23.8 Å².